The Morgan fingerprint density at radius 2 is 0.325 bits per heavy atom. The van der Waals surface area contributed by atoms with Gasteiger partial charge in [-0.1, -0.05) is 258 Å². The van der Waals surface area contributed by atoms with Gasteiger partial charge in [-0.15, -0.1) is 0 Å². The van der Waals surface area contributed by atoms with Crippen molar-refractivity contribution in [2.45, 2.75) is 141 Å². The van der Waals surface area contributed by atoms with Crippen LogP contribution in [0.3, 0.4) is 0 Å². The highest BCUT2D eigenvalue weighted by Crippen LogP contribution is 2.53. The number of benzene rings is 16. The van der Waals surface area contributed by atoms with Gasteiger partial charge in [0.15, 0.2) is 0 Å². The molecule has 6 heterocycles. The monoisotopic (exact) mass is 1630 g/mol. The van der Waals surface area contributed by atoms with E-state index in [4.69, 9.17) is 0 Å². The molecule has 126 heavy (non-hydrogen) atoms. The standard InChI is InChI=1S/C117H105B3N6/c1-70-19-37-88(38-20-70)121-100-49-31-76(7)55-94(100)118-97-61-79(34-52-103(97)124(91-43-25-73(4)26-44-91)109-67-85(115(10,11)12)64-106(121)112(109)118)82-58-83(80-35-53-104-98(62-80)119-95-56-77(8)32-50-101(95)122(89-39-21-71(2)22-40-89)107-65-86(116(13,14)15)68-110(113(107)119)125(104)92-45-27-74(5)28-46-92)60-84(59-82)81-36-54-105-99(63-81)120-96-57-78(9)33-51-102(96)123(90-41-23-72(3)24-42-90)108-66-87(117(16,17)18)69-111(114(108)120)126(105)93-47-29-75(6)30-48-93/h19-69H,1-18H3. The van der Waals surface area contributed by atoms with Gasteiger partial charge in [-0.2, -0.15) is 0 Å². The highest BCUT2D eigenvalue weighted by Gasteiger charge is 2.49. The van der Waals surface area contributed by atoms with Crippen molar-refractivity contribution >= 4 is 172 Å². The summed E-state index contributed by atoms with van der Waals surface area (Å²) in [4.78, 5) is 15.5. The van der Waals surface area contributed by atoms with Crippen LogP contribution in [0.4, 0.5) is 102 Å². The summed E-state index contributed by atoms with van der Waals surface area (Å²) >= 11 is 0. The van der Waals surface area contributed by atoms with E-state index in [-0.39, 0.29) is 36.4 Å². The molecule has 0 N–H and O–H groups in total. The van der Waals surface area contributed by atoms with Gasteiger partial charge in [-0.3, -0.25) is 0 Å². The van der Waals surface area contributed by atoms with Crippen LogP contribution in [-0.4, -0.2) is 20.1 Å². The van der Waals surface area contributed by atoms with Crippen LogP contribution in [0.15, 0.2) is 309 Å². The molecule has 0 saturated carbocycles. The smallest absolute Gasteiger partial charge is 0.252 e. The van der Waals surface area contributed by atoms with Gasteiger partial charge in [-0.25, -0.2) is 0 Å². The number of rotatable bonds is 9. The van der Waals surface area contributed by atoms with Crippen molar-refractivity contribution in [3.63, 3.8) is 0 Å². The van der Waals surface area contributed by atoms with Crippen molar-refractivity contribution in [2.75, 3.05) is 29.4 Å². The third-order valence-electron chi connectivity index (χ3n) is 27.9. The Balaban J connectivity index is 0.813. The number of fused-ring (bicyclic) bond motifs is 12. The molecule has 0 aliphatic carbocycles. The quantitative estimate of drug-likeness (QED) is 0.133. The Morgan fingerprint density at radius 1 is 0.159 bits per heavy atom. The molecule has 0 spiro atoms. The average Bonchev–Trinajstić information content (AvgIpc) is 0.702. The fourth-order valence-corrected chi connectivity index (χ4v) is 21.2. The molecule has 22 rings (SSSR count). The summed E-state index contributed by atoms with van der Waals surface area (Å²) in [5, 5.41) is 0. The van der Waals surface area contributed by atoms with E-state index < -0.39 is 0 Å². The van der Waals surface area contributed by atoms with Gasteiger partial charge in [-0.05, 0) is 342 Å². The summed E-state index contributed by atoms with van der Waals surface area (Å²) in [6.07, 6.45) is 0. The van der Waals surface area contributed by atoms with Gasteiger partial charge in [0.2, 0.25) is 0 Å². The first-order valence-corrected chi connectivity index (χ1v) is 45.2. The molecule has 6 nitrogen and oxygen atoms in total. The highest BCUT2D eigenvalue weighted by molar-refractivity contribution is 7.02. The van der Waals surface area contributed by atoms with Crippen molar-refractivity contribution in [3.05, 3.63) is 376 Å². The van der Waals surface area contributed by atoms with Crippen LogP contribution >= 0.6 is 0 Å². The molecule has 0 aromatic heterocycles. The van der Waals surface area contributed by atoms with Gasteiger partial charge in [0.05, 0.1) is 0 Å². The van der Waals surface area contributed by atoms with Crippen LogP contribution in [0.25, 0.3) is 33.4 Å². The first-order valence-electron chi connectivity index (χ1n) is 45.2. The van der Waals surface area contributed by atoms with Gasteiger partial charge >= 0.3 is 0 Å². The summed E-state index contributed by atoms with van der Waals surface area (Å²) in [7, 11) is 0. The largest absolute Gasteiger partial charge is 0.311 e. The lowest BCUT2D eigenvalue weighted by molar-refractivity contribution is 0.590. The lowest BCUT2D eigenvalue weighted by Gasteiger charge is -2.45. The molecule has 0 amide bonds. The minimum atomic E-state index is -0.171. The Bertz CT molecular complexity index is 6460. The Kier molecular flexibility index (Phi) is 17.9. The SMILES string of the molecule is Cc1ccc(N2c3ccc(C)cc3B3c4cc(-c5cc(-c6ccc7c(c6)B6c8cc(C)ccc8N(c8ccc(C)cc8)c8cc(C(C)(C)C)cc(c86)N7c6ccc(C)cc6)cc(-c6ccc7c(c6)B6c8cc(C)ccc8N(c8ccc(C)cc8)c8cc(C(C)(C)C)cc(c86)N7c6ccc(C)cc6)c5)ccc4N(c4ccc(C)cc4)c4cc(C(C)(C)C)cc2c43)cc1. The summed E-state index contributed by atoms with van der Waals surface area (Å²) < 4.78 is 0. The van der Waals surface area contributed by atoms with E-state index in [9.17, 15) is 0 Å². The fraction of sp³-hybridized carbons (Fsp3) is 0.179. The topological polar surface area (TPSA) is 19.4 Å². The van der Waals surface area contributed by atoms with Crippen LogP contribution in [0.5, 0.6) is 0 Å². The molecule has 0 saturated heterocycles. The molecule has 16 aromatic rings. The molecule has 6 aliphatic rings. The molecule has 0 unspecified atom stereocenters. The average molecular weight is 1630 g/mol. The van der Waals surface area contributed by atoms with Crippen molar-refractivity contribution in [3.8, 4) is 33.4 Å². The zero-order valence-corrected chi connectivity index (χ0v) is 75.9. The highest BCUT2D eigenvalue weighted by atomic mass is 15.2. The van der Waals surface area contributed by atoms with Crippen LogP contribution in [0, 0.1) is 62.3 Å². The van der Waals surface area contributed by atoms with Gasteiger partial charge in [0, 0.05) is 102 Å². The summed E-state index contributed by atoms with van der Waals surface area (Å²) in [6.45, 7) is 40.9. The van der Waals surface area contributed by atoms with E-state index in [0.29, 0.717) is 0 Å². The van der Waals surface area contributed by atoms with E-state index in [1.54, 1.807) is 0 Å². The molecule has 0 atom stereocenters. The maximum Gasteiger partial charge on any atom is 0.252 e. The van der Waals surface area contributed by atoms with E-state index in [2.05, 4.69) is 463 Å². The predicted molar refractivity (Wildman–Crippen MR) is 544 cm³/mol. The number of nitrogens with zero attached hydrogens (tertiary/aromatic N) is 6. The number of aryl methyl sites for hydroxylation is 9. The Morgan fingerprint density at radius 3 is 0.508 bits per heavy atom. The minimum Gasteiger partial charge on any atom is -0.311 e. The molecule has 16 aromatic carbocycles. The molecule has 6 aliphatic heterocycles. The molecule has 0 fully saturated rings. The summed E-state index contributed by atoms with van der Waals surface area (Å²) in [5.41, 5.74) is 54.3. The first-order chi connectivity index (χ1) is 60.5. The zero-order valence-electron chi connectivity index (χ0n) is 75.9. The molecule has 612 valence electrons. The normalized spacial score (nSPS) is 13.8. The van der Waals surface area contributed by atoms with Crippen molar-refractivity contribution in [2.24, 2.45) is 0 Å². The maximum atomic E-state index is 2.59. The van der Waals surface area contributed by atoms with Gasteiger partial charge in [0.1, 0.15) is 0 Å². The molecular formula is C117H105B3N6. The second-order valence-electron chi connectivity index (χ2n) is 40.2. The summed E-state index contributed by atoms with van der Waals surface area (Å²) in [5.74, 6) is 0. The van der Waals surface area contributed by atoms with Crippen molar-refractivity contribution in [1.82, 2.24) is 0 Å². The van der Waals surface area contributed by atoms with E-state index >= 15 is 0 Å². The van der Waals surface area contributed by atoms with Crippen LogP contribution in [-0.2, 0) is 16.2 Å². The molecule has 0 radical (unpaired) electrons. The first kappa shape index (κ1) is 78.5. The maximum absolute atomic E-state index is 2.59. The third-order valence-corrected chi connectivity index (χ3v) is 27.9. The van der Waals surface area contributed by atoms with Gasteiger partial charge in [0.25, 0.3) is 20.1 Å². The lowest BCUT2D eigenvalue weighted by atomic mass is 9.33. The predicted octanol–water partition coefficient (Wildman–Crippen LogP) is 25.6. The van der Waals surface area contributed by atoms with Crippen molar-refractivity contribution in [1.29, 1.82) is 0 Å². The fourth-order valence-electron chi connectivity index (χ4n) is 21.2. The van der Waals surface area contributed by atoms with Crippen LogP contribution in [0.2, 0.25) is 0 Å². The van der Waals surface area contributed by atoms with Crippen LogP contribution in [0.1, 0.15) is 129 Å². The van der Waals surface area contributed by atoms with E-state index in [0.717, 1.165) is 67.5 Å². The number of anilines is 18. The zero-order chi connectivity index (χ0) is 86.7. The van der Waals surface area contributed by atoms with Crippen molar-refractivity contribution < 1.29 is 0 Å². The molecule has 9 heteroatoms. The second-order valence-corrected chi connectivity index (χ2v) is 40.2. The van der Waals surface area contributed by atoms with E-state index in [1.165, 1.54) is 184 Å². The Hall–Kier alpha value is -13.5. The number of hydrogen-bond donors (Lipinski definition) is 0. The Labute approximate surface area is 746 Å². The minimum absolute atomic E-state index is 0.124. The van der Waals surface area contributed by atoms with E-state index in [1.807, 2.05) is 0 Å². The molecule has 0 bridgehead atoms. The summed E-state index contributed by atoms with van der Waals surface area (Å²) in [6, 6.07) is 122. The third kappa shape index (κ3) is 12.7. The second kappa shape index (κ2) is 28.8. The number of hydrogen-bond acceptors (Lipinski definition) is 6. The lowest BCUT2D eigenvalue weighted by Crippen LogP contribution is -2.61. The molecular weight excluding hydrogens is 1520 g/mol. The van der Waals surface area contributed by atoms with Crippen LogP contribution < -0.4 is 78.6 Å². The van der Waals surface area contributed by atoms with Gasteiger partial charge < -0.3 is 29.4 Å².